The van der Waals surface area contributed by atoms with E-state index >= 15 is 0 Å². The fourth-order valence-electron chi connectivity index (χ4n) is 9.81. The van der Waals surface area contributed by atoms with Crippen molar-refractivity contribution in [2.75, 3.05) is 20.8 Å². The lowest BCUT2D eigenvalue weighted by molar-refractivity contribution is -0.140. The number of aromatic amines is 2. The Bertz CT molecular complexity index is 2430. The lowest BCUT2D eigenvalue weighted by atomic mass is 9.77. The maximum Gasteiger partial charge on any atom is 0.407 e. The summed E-state index contributed by atoms with van der Waals surface area (Å²) in [7, 11) is 6.33. The molecule has 1 saturated carbocycles. The van der Waals surface area contributed by atoms with E-state index < -0.39 is 24.3 Å². The molecule has 0 spiro atoms. The van der Waals surface area contributed by atoms with Crippen molar-refractivity contribution < 1.29 is 28.7 Å². The number of methoxy groups -OCH3 is 2. The third-order valence-electron chi connectivity index (χ3n) is 13.5. The van der Waals surface area contributed by atoms with Crippen molar-refractivity contribution in [1.82, 2.24) is 40.4 Å². The number of alkyl carbamates (subject to hydrolysis) is 2. The van der Waals surface area contributed by atoms with Gasteiger partial charge in [0.25, 0.3) is 0 Å². The van der Waals surface area contributed by atoms with Gasteiger partial charge in [-0.2, -0.15) is 0 Å². The van der Waals surface area contributed by atoms with Crippen molar-refractivity contribution in [1.29, 1.82) is 0 Å². The molecule has 2 aromatic carbocycles. The number of nitrogens with one attached hydrogen (secondary N) is 4. The Labute approximate surface area is 376 Å². The number of ether oxygens (including phenoxy) is 2. The standard InChI is InChI=1S/C47H57N8O6SSi/c1-25(2)37(52-45(58)60-6)42(57)55-32-17-16-31(27(5)21-32)23-36(55)40-49-33-18-13-29(22-34(33)50-40)10-9-28-11-14-30(15-12-28)35-24-48-43(51-35)47-19-8-20-54(44(47)62-47)41(56)38(39(63)26(3)4)53-46(59)61-7/h11-15,18,22,24-27,31-32,36-39,44H,8,16-17,19-21,23H2,1-7H3,(H,48,51)(H,49,50)(H,52,58)(H,53,59). The van der Waals surface area contributed by atoms with Gasteiger partial charge in [0, 0.05) is 34.0 Å². The number of hydrogen-bond donors (Lipinski definition) is 4. The average molecular weight is 890 g/mol. The van der Waals surface area contributed by atoms with Crippen LogP contribution in [0, 0.1) is 35.5 Å². The highest BCUT2D eigenvalue weighted by Crippen LogP contribution is 2.66. The van der Waals surface area contributed by atoms with E-state index in [0.29, 0.717) is 18.4 Å². The monoisotopic (exact) mass is 889 g/mol. The Balaban J connectivity index is 0.963. The second-order valence-electron chi connectivity index (χ2n) is 18.3. The van der Waals surface area contributed by atoms with Crippen LogP contribution in [-0.4, -0.2) is 108 Å². The van der Waals surface area contributed by atoms with E-state index in [2.05, 4.69) is 49.6 Å². The minimum absolute atomic E-state index is 0.0621. The summed E-state index contributed by atoms with van der Waals surface area (Å²) in [4.78, 5) is 73.7. The van der Waals surface area contributed by atoms with Crippen LogP contribution in [0.1, 0.15) is 102 Å². The molecule has 4 saturated heterocycles. The smallest absolute Gasteiger partial charge is 0.407 e. The van der Waals surface area contributed by atoms with E-state index in [4.69, 9.17) is 19.4 Å². The summed E-state index contributed by atoms with van der Waals surface area (Å²) in [5.41, 5.74) is 4.96. The minimum Gasteiger partial charge on any atom is -0.453 e. The molecule has 2 aromatic heterocycles. The number of carbonyl (C=O) groups is 4. The number of hydrogen-bond acceptors (Lipinski definition) is 9. The summed E-state index contributed by atoms with van der Waals surface area (Å²) in [5, 5.41) is 5.48. The summed E-state index contributed by atoms with van der Waals surface area (Å²) in [6.07, 6.45) is 6.05. The predicted octanol–water partition coefficient (Wildman–Crippen LogP) is 7.04. The molecule has 14 nitrogen and oxygen atoms in total. The number of amides is 4. The summed E-state index contributed by atoms with van der Waals surface area (Å²) in [6, 6.07) is 12.3. The Kier molecular flexibility index (Phi) is 12.7. The maximum absolute atomic E-state index is 14.4. The number of rotatable bonds is 10. The van der Waals surface area contributed by atoms with Gasteiger partial charge in [-0.25, -0.2) is 19.6 Å². The number of carbonyl (C=O) groups excluding carboxylic acids is 4. The summed E-state index contributed by atoms with van der Waals surface area (Å²) < 4.78 is 9.40. The van der Waals surface area contributed by atoms with Gasteiger partial charge in [0.05, 0.1) is 43.2 Å². The molecule has 9 atom stereocenters. The van der Waals surface area contributed by atoms with Crippen LogP contribution in [0.25, 0.3) is 22.3 Å². The number of nitrogens with zero attached hydrogens (tertiary/aromatic N) is 4. The highest BCUT2D eigenvalue weighted by Gasteiger charge is 2.64. The van der Waals surface area contributed by atoms with Crippen molar-refractivity contribution >= 4 is 57.0 Å². The van der Waals surface area contributed by atoms with Crippen LogP contribution in [0.2, 0.25) is 5.54 Å². The first-order valence-corrected chi connectivity index (χ1v) is 23.5. The van der Waals surface area contributed by atoms with Gasteiger partial charge >= 0.3 is 12.2 Å². The fourth-order valence-corrected chi connectivity index (χ4v) is 11.5. The summed E-state index contributed by atoms with van der Waals surface area (Å²) >= 11 is 1.73. The molecule has 63 heavy (non-hydrogen) atoms. The minimum atomic E-state index is -0.760. The quantitative estimate of drug-likeness (QED) is 0.0740. The third-order valence-corrected chi connectivity index (χ3v) is 16.2. The van der Waals surface area contributed by atoms with Crippen LogP contribution in [-0.2, 0) is 23.8 Å². The Hall–Kier alpha value is -5.27. The number of H-pyrrole nitrogens is 2. The van der Waals surface area contributed by atoms with Gasteiger partial charge in [-0.05, 0) is 104 Å². The van der Waals surface area contributed by atoms with E-state index in [0.717, 1.165) is 83.6 Å². The van der Waals surface area contributed by atoms with Gasteiger partial charge < -0.3 is 39.9 Å². The molecular formula is C47H57N8O6SSi. The first-order valence-electron chi connectivity index (χ1n) is 22.1. The maximum atomic E-state index is 14.4. The van der Waals surface area contributed by atoms with Crippen LogP contribution in [0.4, 0.5) is 9.59 Å². The van der Waals surface area contributed by atoms with E-state index in [-0.39, 0.29) is 51.4 Å². The highest BCUT2D eigenvalue weighted by atomic mass is 32.2. The van der Waals surface area contributed by atoms with Crippen molar-refractivity contribution in [2.24, 2.45) is 23.7 Å². The molecular weight excluding hydrogens is 833 g/mol. The summed E-state index contributed by atoms with van der Waals surface area (Å²) in [6.45, 7) is 10.8. The number of benzene rings is 2. The number of aromatic nitrogens is 4. The van der Waals surface area contributed by atoms with E-state index in [1.165, 1.54) is 14.2 Å². The predicted molar refractivity (Wildman–Crippen MR) is 242 cm³/mol. The van der Waals surface area contributed by atoms with Crippen LogP contribution in [0.5, 0.6) is 0 Å². The molecule has 9 rings (SSSR count). The van der Waals surface area contributed by atoms with Crippen LogP contribution in [0.3, 0.4) is 0 Å². The molecule has 4 aromatic rings. The van der Waals surface area contributed by atoms with Gasteiger partial charge in [0.1, 0.15) is 33.9 Å². The van der Waals surface area contributed by atoms with Gasteiger partial charge in [-0.3, -0.25) is 9.59 Å². The van der Waals surface area contributed by atoms with Crippen LogP contribution in [0.15, 0.2) is 48.7 Å². The molecule has 4 N–H and O–H groups in total. The average Bonchev–Trinajstić information content (AvgIpc) is 3.72. The Morgan fingerprint density at radius 3 is 2.29 bits per heavy atom. The number of fused-ring (bicyclic) bond motifs is 6. The van der Waals surface area contributed by atoms with Crippen molar-refractivity contribution in [3.05, 3.63) is 71.4 Å². The third kappa shape index (κ3) is 8.83. The largest absolute Gasteiger partial charge is 0.453 e. The lowest BCUT2D eigenvalue weighted by Gasteiger charge is -2.39. The van der Waals surface area contributed by atoms with Gasteiger partial charge in [0.2, 0.25) is 11.8 Å². The highest BCUT2D eigenvalue weighted by molar-refractivity contribution is 8.08. The molecule has 4 amide bonds. The van der Waals surface area contributed by atoms with E-state index in [1.807, 2.05) is 86.2 Å². The molecule has 2 bridgehead atoms. The zero-order chi connectivity index (χ0) is 44.7. The zero-order valence-electron chi connectivity index (χ0n) is 37.0. The molecule has 1 aliphatic carbocycles. The van der Waals surface area contributed by atoms with Crippen molar-refractivity contribution in [3.8, 4) is 23.1 Å². The fraction of sp³-hybridized carbons (Fsp3) is 0.532. The number of likely N-dealkylation sites (tertiary alicyclic amines) is 1. The zero-order valence-corrected chi connectivity index (χ0v) is 38.8. The van der Waals surface area contributed by atoms with Gasteiger partial charge in [-0.15, -0.1) is 11.8 Å². The molecule has 16 heteroatoms. The Morgan fingerprint density at radius 1 is 0.905 bits per heavy atom. The normalized spacial score (nSPS) is 25.3. The first-order chi connectivity index (χ1) is 30.2. The van der Waals surface area contributed by atoms with Crippen molar-refractivity contribution in [3.63, 3.8) is 0 Å². The second kappa shape index (κ2) is 18.1. The topological polar surface area (TPSA) is 175 Å². The van der Waals surface area contributed by atoms with Crippen molar-refractivity contribution in [2.45, 2.75) is 113 Å². The number of thioether (sulfide) groups is 1. The Morgan fingerprint density at radius 2 is 1.60 bits per heavy atom. The van der Waals surface area contributed by atoms with Crippen LogP contribution >= 0.6 is 11.8 Å². The van der Waals surface area contributed by atoms with Gasteiger partial charge in [-0.1, -0.05) is 58.6 Å². The molecule has 4 aliphatic heterocycles. The van der Waals surface area contributed by atoms with Gasteiger partial charge in [0.15, 0.2) is 0 Å². The molecule has 9 unspecified atom stereocenters. The lowest BCUT2D eigenvalue weighted by Crippen LogP contribution is -2.54. The second-order valence-corrected chi connectivity index (χ2v) is 20.3. The molecule has 3 radical (unpaired) electrons. The van der Waals surface area contributed by atoms with E-state index in [9.17, 15) is 19.2 Å². The molecule has 5 aliphatic rings. The molecule has 331 valence electrons. The van der Waals surface area contributed by atoms with E-state index in [1.54, 1.807) is 11.8 Å². The number of imidazole rings is 2. The molecule has 6 heterocycles. The van der Waals surface area contributed by atoms with Crippen LogP contribution < -0.4 is 10.6 Å². The number of piperidine rings is 1. The SMILES string of the molecule is COC(=O)NC(C(=O)N1C2CCC(CC1c1nc3ccc(C#Cc4ccc(-c5cnc(C67CCCN(C(=O)C(NC(=O)OC)C([Si])C(C)C)C6S7)[nH]5)cc4)cc3[nH]1)C(C)C2)C(C)C. The molecule has 5 fully saturated rings. The summed E-state index contributed by atoms with van der Waals surface area (Å²) in [5.74, 6) is 8.95. The first kappa shape index (κ1) is 44.3.